The van der Waals surface area contributed by atoms with Crippen LogP contribution in [0.5, 0.6) is 5.75 Å². The Kier molecular flexibility index (Phi) is 8.29. The molecule has 4 rings (SSSR count). The highest BCUT2D eigenvalue weighted by molar-refractivity contribution is 7.13. The molecule has 1 N–H and O–H groups in total. The van der Waals surface area contributed by atoms with E-state index in [-0.39, 0.29) is 24.7 Å². The molecule has 0 saturated carbocycles. The third kappa shape index (κ3) is 6.46. The van der Waals surface area contributed by atoms with Gasteiger partial charge in [0.2, 0.25) is 5.91 Å². The van der Waals surface area contributed by atoms with Crippen LogP contribution in [0, 0.1) is 0 Å². The van der Waals surface area contributed by atoms with E-state index in [2.05, 4.69) is 20.5 Å². The minimum atomic E-state index is -0.458. The van der Waals surface area contributed by atoms with E-state index < -0.39 is 6.10 Å². The molecule has 1 unspecified atom stereocenters. The first-order chi connectivity index (χ1) is 17.4. The zero-order chi connectivity index (χ0) is 25.5. The lowest BCUT2D eigenvalue weighted by Gasteiger charge is -2.17. The number of nitrogens with one attached hydrogen (secondary N) is 1. The van der Waals surface area contributed by atoms with Gasteiger partial charge in [0.05, 0.1) is 25.1 Å². The molecule has 11 heteroatoms. The molecule has 0 aliphatic carbocycles. The van der Waals surface area contributed by atoms with Crippen molar-refractivity contribution in [2.45, 2.75) is 32.8 Å². The molecular weight excluding hydrogens is 502 g/mol. The molecule has 0 saturated heterocycles. The number of benzene rings is 2. The Morgan fingerprint density at radius 2 is 1.83 bits per heavy atom. The molecule has 9 nitrogen and oxygen atoms in total. The fourth-order valence-electron chi connectivity index (χ4n) is 3.45. The Hall–Kier alpha value is -3.76. The average Bonchev–Trinajstić information content (AvgIpc) is 3.48. The normalized spacial score (nSPS) is 11.6. The van der Waals surface area contributed by atoms with Crippen molar-refractivity contribution in [2.75, 3.05) is 11.9 Å². The van der Waals surface area contributed by atoms with Crippen LogP contribution in [0.15, 0.2) is 60.0 Å². The number of esters is 1. The highest BCUT2D eigenvalue weighted by atomic mass is 35.5. The third-order valence-electron chi connectivity index (χ3n) is 5.01. The van der Waals surface area contributed by atoms with E-state index in [1.165, 1.54) is 11.3 Å². The fourth-order valence-corrected chi connectivity index (χ4v) is 4.30. The van der Waals surface area contributed by atoms with Crippen molar-refractivity contribution in [3.05, 3.63) is 82.3 Å². The standard InChI is InChI=1S/C25H24ClN5O4S/c1-3-34-23(33)13-18-15-36-25(27-18)28-22(32)14-21-29-30-24(31(21)19-7-5-4-6-8-19)16(2)35-20-11-9-17(26)10-12-20/h4-12,15-16H,3,13-14H2,1-2H3,(H,27,28,32). The van der Waals surface area contributed by atoms with Crippen LogP contribution in [0.25, 0.3) is 5.69 Å². The van der Waals surface area contributed by atoms with Crippen molar-refractivity contribution >= 4 is 39.9 Å². The summed E-state index contributed by atoms with van der Waals surface area (Å²) in [5.41, 5.74) is 1.34. The zero-order valence-corrected chi connectivity index (χ0v) is 21.3. The second-order valence-corrected chi connectivity index (χ2v) is 9.00. The van der Waals surface area contributed by atoms with Crippen LogP contribution in [0.2, 0.25) is 5.02 Å². The predicted octanol–water partition coefficient (Wildman–Crippen LogP) is 4.80. The van der Waals surface area contributed by atoms with Gasteiger partial charge in [0.1, 0.15) is 11.6 Å². The Balaban J connectivity index is 1.51. The second kappa shape index (κ2) is 11.8. The van der Waals surface area contributed by atoms with E-state index in [1.54, 1.807) is 36.6 Å². The van der Waals surface area contributed by atoms with Gasteiger partial charge in [0.25, 0.3) is 0 Å². The van der Waals surface area contributed by atoms with Crippen LogP contribution in [0.4, 0.5) is 5.13 Å². The van der Waals surface area contributed by atoms with Crippen LogP contribution in [0.3, 0.4) is 0 Å². The Bertz CT molecular complexity index is 1320. The predicted molar refractivity (Wildman–Crippen MR) is 137 cm³/mol. The molecule has 2 aromatic heterocycles. The van der Waals surface area contributed by atoms with E-state index in [0.29, 0.717) is 39.9 Å². The summed E-state index contributed by atoms with van der Waals surface area (Å²) in [6.07, 6.45) is -0.445. The number of hydrogen-bond acceptors (Lipinski definition) is 8. The smallest absolute Gasteiger partial charge is 0.311 e. The van der Waals surface area contributed by atoms with Crippen molar-refractivity contribution in [3.8, 4) is 11.4 Å². The monoisotopic (exact) mass is 525 g/mol. The van der Waals surface area contributed by atoms with E-state index in [0.717, 1.165) is 5.69 Å². The lowest BCUT2D eigenvalue weighted by atomic mass is 10.2. The highest BCUT2D eigenvalue weighted by Gasteiger charge is 2.22. The summed E-state index contributed by atoms with van der Waals surface area (Å²) in [4.78, 5) is 28.8. The summed E-state index contributed by atoms with van der Waals surface area (Å²) < 4.78 is 12.8. The maximum Gasteiger partial charge on any atom is 0.311 e. The zero-order valence-electron chi connectivity index (χ0n) is 19.7. The number of carbonyl (C=O) groups excluding carboxylic acids is 2. The SMILES string of the molecule is CCOC(=O)Cc1csc(NC(=O)Cc2nnc(C(C)Oc3ccc(Cl)cc3)n2-c2ccccc2)n1. The number of para-hydroxylation sites is 1. The van der Waals surface area contributed by atoms with E-state index in [9.17, 15) is 9.59 Å². The highest BCUT2D eigenvalue weighted by Crippen LogP contribution is 2.25. The first-order valence-corrected chi connectivity index (χ1v) is 12.5. The van der Waals surface area contributed by atoms with Gasteiger partial charge in [0, 0.05) is 16.1 Å². The van der Waals surface area contributed by atoms with Crippen LogP contribution in [-0.2, 0) is 27.2 Å². The maximum atomic E-state index is 12.8. The van der Waals surface area contributed by atoms with Gasteiger partial charge in [-0.2, -0.15) is 0 Å². The van der Waals surface area contributed by atoms with Gasteiger partial charge in [-0.1, -0.05) is 29.8 Å². The number of aromatic nitrogens is 4. The molecule has 0 radical (unpaired) electrons. The van der Waals surface area contributed by atoms with Crippen molar-refractivity contribution in [3.63, 3.8) is 0 Å². The average molecular weight is 526 g/mol. The Morgan fingerprint density at radius 3 is 2.56 bits per heavy atom. The van der Waals surface area contributed by atoms with Gasteiger partial charge in [-0.3, -0.25) is 14.2 Å². The Morgan fingerprint density at radius 1 is 1.08 bits per heavy atom. The molecule has 0 bridgehead atoms. The van der Waals surface area contributed by atoms with Crippen molar-refractivity contribution in [1.29, 1.82) is 0 Å². The molecule has 1 atom stereocenters. The number of rotatable bonds is 10. The van der Waals surface area contributed by atoms with Gasteiger partial charge in [-0.15, -0.1) is 21.5 Å². The molecular formula is C25H24ClN5O4S. The van der Waals surface area contributed by atoms with Crippen LogP contribution in [0.1, 0.15) is 37.3 Å². The first-order valence-electron chi connectivity index (χ1n) is 11.2. The largest absolute Gasteiger partial charge is 0.483 e. The molecule has 2 heterocycles. The number of amides is 1. The number of thiazole rings is 1. The number of carbonyl (C=O) groups is 2. The minimum absolute atomic E-state index is 0.0393. The van der Waals surface area contributed by atoms with E-state index in [4.69, 9.17) is 21.1 Å². The molecule has 186 valence electrons. The lowest BCUT2D eigenvalue weighted by molar-refractivity contribution is -0.142. The van der Waals surface area contributed by atoms with Gasteiger partial charge in [-0.25, -0.2) is 4.98 Å². The molecule has 0 aliphatic heterocycles. The summed E-state index contributed by atoms with van der Waals surface area (Å²) in [5, 5.41) is 14.1. The summed E-state index contributed by atoms with van der Waals surface area (Å²) in [6.45, 7) is 3.91. The topological polar surface area (TPSA) is 108 Å². The maximum absolute atomic E-state index is 12.8. The van der Waals surface area contributed by atoms with Gasteiger partial charge >= 0.3 is 5.97 Å². The fraction of sp³-hybridized carbons (Fsp3) is 0.240. The van der Waals surface area contributed by atoms with Gasteiger partial charge in [-0.05, 0) is 50.2 Å². The van der Waals surface area contributed by atoms with Crippen LogP contribution in [-0.4, -0.2) is 38.2 Å². The molecule has 0 aliphatic rings. The molecule has 2 aromatic carbocycles. The summed E-state index contributed by atoms with van der Waals surface area (Å²) in [7, 11) is 0. The summed E-state index contributed by atoms with van der Waals surface area (Å²) in [6, 6.07) is 16.6. The van der Waals surface area contributed by atoms with Crippen molar-refractivity contribution in [1.82, 2.24) is 19.7 Å². The second-order valence-electron chi connectivity index (χ2n) is 7.71. The third-order valence-corrected chi connectivity index (χ3v) is 6.07. The van der Waals surface area contributed by atoms with Crippen LogP contribution < -0.4 is 10.1 Å². The molecule has 0 fully saturated rings. The molecule has 0 spiro atoms. The lowest BCUT2D eigenvalue weighted by Crippen LogP contribution is -2.19. The van der Waals surface area contributed by atoms with Crippen molar-refractivity contribution < 1.29 is 19.1 Å². The van der Waals surface area contributed by atoms with E-state index in [1.807, 2.05) is 41.8 Å². The summed E-state index contributed by atoms with van der Waals surface area (Å²) >= 11 is 7.21. The molecule has 4 aromatic rings. The quantitative estimate of drug-likeness (QED) is 0.296. The number of anilines is 1. The summed E-state index contributed by atoms with van der Waals surface area (Å²) in [5.74, 6) is 0.957. The van der Waals surface area contributed by atoms with Gasteiger partial charge in [0.15, 0.2) is 17.1 Å². The van der Waals surface area contributed by atoms with Crippen LogP contribution >= 0.6 is 22.9 Å². The minimum Gasteiger partial charge on any atom is -0.483 e. The van der Waals surface area contributed by atoms with Gasteiger partial charge < -0.3 is 14.8 Å². The number of nitrogens with zero attached hydrogens (tertiary/aromatic N) is 4. The first kappa shape index (κ1) is 25.3. The molecule has 1 amide bonds. The number of hydrogen-bond donors (Lipinski definition) is 1. The Labute approximate surface area is 217 Å². The van der Waals surface area contributed by atoms with Crippen molar-refractivity contribution in [2.24, 2.45) is 0 Å². The molecule has 36 heavy (non-hydrogen) atoms. The number of halogens is 1. The van der Waals surface area contributed by atoms with E-state index >= 15 is 0 Å². The number of ether oxygens (including phenoxy) is 2.